The van der Waals surface area contributed by atoms with Gasteiger partial charge in [-0.3, -0.25) is 9.69 Å². The Labute approximate surface area is 153 Å². The summed E-state index contributed by atoms with van der Waals surface area (Å²) in [6.07, 6.45) is 0. The number of aromatic nitrogens is 1. The number of halogens is 1. The van der Waals surface area contributed by atoms with E-state index in [0.29, 0.717) is 16.5 Å². The third-order valence-electron chi connectivity index (χ3n) is 3.51. The highest BCUT2D eigenvalue weighted by Gasteiger charge is 2.18. The Hall–Kier alpha value is -3.06. The molecular weight excluding hydrogens is 355 g/mol. The monoisotopic (exact) mass is 370 g/mol. The predicted octanol–water partition coefficient (Wildman–Crippen LogP) is 4.32. The van der Waals surface area contributed by atoms with Gasteiger partial charge in [0.15, 0.2) is 5.13 Å². The fourth-order valence-electron chi connectivity index (χ4n) is 2.31. The third kappa shape index (κ3) is 3.94. The van der Waals surface area contributed by atoms with Crippen LogP contribution in [0.2, 0.25) is 0 Å². The quantitative estimate of drug-likeness (QED) is 0.628. The molecular formula is C19H15FN2O3S. The molecule has 5 nitrogen and oxygen atoms in total. The number of hydrogen-bond acceptors (Lipinski definition) is 5. The van der Waals surface area contributed by atoms with Gasteiger partial charge in [-0.05, 0) is 24.3 Å². The summed E-state index contributed by atoms with van der Waals surface area (Å²) in [5.41, 5.74) is 1.05. The third-order valence-corrected chi connectivity index (χ3v) is 4.38. The average molecular weight is 370 g/mol. The summed E-state index contributed by atoms with van der Waals surface area (Å²) in [7, 11) is 0. The van der Waals surface area contributed by atoms with Crippen molar-refractivity contribution in [1.82, 2.24) is 4.98 Å². The molecule has 0 unspecified atom stereocenters. The van der Waals surface area contributed by atoms with Crippen molar-refractivity contribution >= 4 is 34.0 Å². The van der Waals surface area contributed by atoms with Crippen LogP contribution in [-0.2, 0) is 16.1 Å². The van der Waals surface area contributed by atoms with Crippen molar-refractivity contribution in [3.8, 4) is 0 Å². The lowest BCUT2D eigenvalue weighted by Gasteiger charge is -2.17. The van der Waals surface area contributed by atoms with Crippen LogP contribution in [-0.4, -0.2) is 16.9 Å². The minimum absolute atomic E-state index is 0.107. The molecule has 1 amide bonds. The normalized spacial score (nSPS) is 10.4. The fraction of sp³-hybridized carbons (Fsp3) is 0.105. The number of hydrogen-bond donors (Lipinski definition) is 0. The molecule has 0 bridgehead atoms. The molecule has 0 aliphatic carbocycles. The number of carbonyl (C=O) groups excluding carboxylic acids is 2. The van der Waals surface area contributed by atoms with Gasteiger partial charge in [0.2, 0.25) is 5.91 Å². The maximum absolute atomic E-state index is 13.6. The zero-order chi connectivity index (χ0) is 18.5. The molecule has 1 aromatic heterocycles. The molecule has 3 aromatic rings. The maximum Gasteiger partial charge on any atom is 0.341 e. The van der Waals surface area contributed by atoms with E-state index in [0.717, 1.165) is 0 Å². The summed E-state index contributed by atoms with van der Waals surface area (Å²) in [6, 6.07) is 14.7. The minimum Gasteiger partial charge on any atom is -0.455 e. The van der Waals surface area contributed by atoms with E-state index in [-0.39, 0.29) is 18.1 Å². The summed E-state index contributed by atoms with van der Waals surface area (Å²) in [5.74, 6) is -1.58. The number of para-hydroxylation sites is 1. The van der Waals surface area contributed by atoms with Crippen LogP contribution in [0, 0.1) is 5.82 Å². The SMILES string of the molecule is CC(=O)N(c1ccccc1)c1nc(COC(=O)c2ccccc2F)cs1. The van der Waals surface area contributed by atoms with E-state index in [1.165, 1.54) is 41.4 Å². The first-order valence-electron chi connectivity index (χ1n) is 7.78. The molecule has 0 radical (unpaired) electrons. The summed E-state index contributed by atoms with van der Waals surface area (Å²) < 4.78 is 18.7. The van der Waals surface area contributed by atoms with Gasteiger partial charge in [-0.1, -0.05) is 30.3 Å². The first-order chi connectivity index (χ1) is 12.6. The number of amides is 1. The zero-order valence-corrected chi connectivity index (χ0v) is 14.7. The molecule has 0 N–H and O–H groups in total. The summed E-state index contributed by atoms with van der Waals surface area (Å²) >= 11 is 1.26. The molecule has 0 atom stereocenters. The largest absolute Gasteiger partial charge is 0.455 e. The van der Waals surface area contributed by atoms with Gasteiger partial charge in [0, 0.05) is 12.3 Å². The lowest BCUT2D eigenvalue weighted by Crippen LogP contribution is -2.22. The van der Waals surface area contributed by atoms with E-state index >= 15 is 0 Å². The molecule has 0 aliphatic heterocycles. The number of esters is 1. The summed E-state index contributed by atoms with van der Waals surface area (Å²) in [4.78, 5) is 29.8. The van der Waals surface area contributed by atoms with Crippen molar-refractivity contribution in [2.24, 2.45) is 0 Å². The van der Waals surface area contributed by atoms with Crippen LogP contribution in [0.1, 0.15) is 23.0 Å². The first-order valence-corrected chi connectivity index (χ1v) is 8.66. The number of ether oxygens (including phenoxy) is 1. The topological polar surface area (TPSA) is 59.5 Å². The van der Waals surface area contributed by atoms with Crippen LogP contribution in [0.15, 0.2) is 60.0 Å². The van der Waals surface area contributed by atoms with E-state index < -0.39 is 11.8 Å². The van der Waals surface area contributed by atoms with Crippen molar-refractivity contribution in [1.29, 1.82) is 0 Å². The Morgan fingerprint density at radius 3 is 2.50 bits per heavy atom. The molecule has 7 heteroatoms. The van der Waals surface area contributed by atoms with E-state index in [1.807, 2.05) is 18.2 Å². The van der Waals surface area contributed by atoms with Gasteiger partial charge in [0.1, 0.15) is 12.4 Å². The second-order valence-corrected chi connectivity index (χ2v) is 6.20. The van der Waals surface area contributed by atoms with Crippen LogP contribution in [0.3, 0.4) is 0 Å². The minimum atomic E-state index is -0.760. The number of benzene rings is 2. The highest BCUT2D eigenvalue weighted by Crippen LogP contribution is 2.29. The van der Waals surface area contributed by atoms with Gasteiger partial charge in [-0.25, -0.2) is 14.2 Å². The number of anilines is 2. The van der Waals surface area contributed by atoms with Crippen molar-refractivity contribution in [2.75, 3.05) is 4.90 Å². The molecule has 3 rings (SSSR count). The van der Waals surface area contributed by atoms with Crippen LogP contribution < -0.4 is 4.90 Å². The molecule has 1 heterocycles. The Morgan fingerprint density at radius 1 is 1.12 bits per heavy atom. The zero-order valence-electron chi connectivity index (χ0n) is 13.9. The molecule has 0 saturated heterocycles. The molecule has 132 valence electrons. The predicted molar refractivity (Wildman–Crippen MR) is 96.9 cm³/mol. The Kier molecular flexibility index (Phi) is 5.38. The van der Waals surface area contributed by atoms with E-state index in [1.54, 1.807) is 23.6 Å². The highest BCUT2D eigenvalue weighted by molar-refractivity contribution is 7.14. The lowest BCUT2D eigenvalue weighted by atomic mass is 10.2. The number of thiazole rings is 1. The van der Waals surface area contributed by atoms with Gasteiger partial charge < -0.3 is 4.74 Å². The van der Waals surface area contributed by atoms with Crippen LogP contribution >= 0.6 is 11.3 Å². The second kappa shape index (κ2) is 7.88. The summed E-state index contributed by atoms with van der Waals surface area (Å²) in [5, 5.41) is 2.17. The van der Waals surface area contributed by atoms with E-state index in [9.17, 15) is 14.0 Å². The van der Waals surface area contributed by atoms with Crippen LogP contribution in [0.4, 0.5) is 15.2 Å². The average Bonchev–Trinajstić information content (AvgIpc) is 3.09. The van der Waals surface area contributed by atoms with Crippen molar-refractivity contribution < 1.29 is 18.7 Å². The lowest BCUT2D eigenvalue weighted by molar-refractivity contribution is -0.115. The Morgan fingerprint density at radius 2 is 1.81 bits per heavy atom. The van der Waals surface area contributed by atoms with Gasteiger partial charge in [-0.15, -0.1) is 11.3 Å². The first kappa shape index (κ1) is 17.8. The van der Waals surface area contributed by atoms with Gasteiger partial charge in [-0.2, -0.15) is 0 Å². The Balaban J connectivity index is 1.72. The molecule has 0 saturated carbocycles. The molecule has 0 fully saturated rings. The fourth-order valence-corrected chi connectivity index (χ4v) is 3.18. The molecule has 0 spiro atoms. The molecule has 0 aliphatic rings. The standard InChI is InChI=1S/C19H15FN2O3S/c1-13(23)22(15-7-3-2-4-8-15)19-21-14(12-26-19)11-25-18(24)16-9-5-6-10-17(16)20/h2-10,12H,11H2,1H3. The molecule has 26 heavy (non-hydrogen) atoms. The van der Waals surface area contributed by atoms with Gasteiger partial charge in [0.05, 0.1) is 16.9 Å². The Bertz CT molecular complexity index is 927. The van der Waals surface area contributed by atoms with Crippen LogP contribution in [0.5, 0.6) is 0 Å². The summed E-state index contributed by atoms with van der Waals surface area (Å²) in [6.45, 7) is 1.34. The maximum atomic E-state index is 13.6. The van der Waals surface area contributed by atoms with E-state index in [2.05, 4.69) is 4.98 Å². The van der Waals surface area contributed by atoms with Gasteiger partial charge in [0.25, 0.3) is 0 Å². The number of nitrogens with zero attached hydrogens (tertiary/aromatic N) is 2. The van der Waals surface area contributed by atoms with Crippen LogP contribution in [0.25, 0.3) is 0 Å². The van der Waals surface area contributed by atoms with E-state index in [4.69, 9.17) is 4.74 Å². The number of carbonyl (C=O) groups is 2. The van der Waals surface area contributed by atoms with Crippen molar-refractivity contribution in [3.63, 3.8) is 0 Å². The number of rotatable bonds is 5. The van der Waals surface area contributed by atoms with Crippen molar-refractivity contribution in [3.05, 3.63) is 77.1 Å². The van der Waals surface area contributed by atoms with Gasteiger partial charge >= 0.3 is 5.97 Å². The molecule has 2 aromatic carbocycles. The smallest absolute Gasteiger partial charge is 0.341 e. The highest BCUT2D eigenvalue weighted by atomic mass is 32.1. The van der Waals surface area contributed by atoms with Crippen molar-refractivity contribution in [2.45, 2.75) is 13.5 Å². The second-order valence-electron chi connectivity index (χ2n) is 5.37.